The summed E-state index contributed by atoms with van der Waals surface area (Å²) in [5.74, 6) is -0.113. The lowest BCUT2D eigenvalue weighted by Crippen LogP contribution is -2.46. The van der Waals surface area contributed by atoms with Crippen LogP contribution in [0.4, 0.5) is 0 Å². The van der Waals surface area contributed by atoms with Crippen LogP contribution in [0.5, 0.6) is 5.75 Å². The molecule has 3 heterocycles. The molecule has 14 heteroatoms. The molecule has 2 saturated heterocycles. The summed E-state index contributed by atoms with van der Waals surface area (Å²) in [5, 5.41) is 13.9. The van der Waals surface area contributed by atoms with Gasteiger partial charge in [0.15, 0.2) is 6.23 Å². The van der Waals surface area contributed by atoms with Crippen molar-refractivity contribution in [3.8, 4) is 5.75 Å². The van der Waals surface area contributed by atoms with E-state index in [0.717, 1.165) is 4.57 Å². The van der Waals surface area contributed by atoms with Gasteiger partial charge in [-0.1, -0.05) is 18.2 Å². The highest BCUT2D eigenvalue weighted by Crippen LogP contribution is 2.50. The third kappa shape index (κ3) is 5.62. The molecule has 2 fully saturated rings. The van der Waals surface area contributed by atoms with Gasteiger partial charge >= 0.3 is 18.3 Å². The van der Waals surface area contributed by atoms with Crippen LogP contribution in [0.15, 0.2) is 52.2 Å². The molecule has 0 saturated carbocycles. The fourth-order valence-corrected chi connectivity index (χ4v) is 6.33. The fraction of sp³-hybridized carbons (Fsp3) is 0.500. The van der Waals surface area contributed by atoms with Crippen molar-refractivity contribution in [2.24, 2.45) is 0 Å². The molecule has 2 aliphatic heterocycles. The monoisotopic (exact) mass is 541 g/mol. The average molecular weight is 542 g/mol. The Balaban J connectivity index is 1.54. The van der Waals surface area contributed by atoms with Crippen molar-refractivity contribution < 1.29 is 33.2 Å². The second-order valence-corrected chi connectivity index (χ2v) is 12.0. The molecule has 0 radical (unpaired) electrons. The maximum absolute atomic E-state index is 12.4. The third-order valence-corrected chi connectivity index (χ3v) is 8.12. The number of aliphatic hydroxyl groups excluding tert-OH is 1. The van der Waals surface area contributed by atoms with Gasteiger partial charge in [-0.15, -0.1) is 0 Å². The predicted molar refractivity (Wildman–Crippen MR) is 131 cm³/mol. The average Bonchev–Trinajstić information content (AvgIpc) is 3.27. The lowest BCUT2D eigenvalue weighted by atomic mass is 10.0. The highest BCUT2D eigenvalue weighted by molar-refractivity contribution is 8.09. The molecule has 0 amide bonds. The summed E-state index contributed by atoms with van der Waals surface area (Å²) in [6.07, 6.45) is -2.09. The molecule has 6 atom stereocenters. The lowest BCUT2D eigenvalue weighted by Gasteiger charge is -2.33. The van der Waals surface area contributed by atoms with Crippen molar-refractivity contribution in [2.75, 3.05) is 13.2 Å². The molecule has 12 nitrogen and oxygen atoms in total. The molecule has 0 aliphatic carbocycles. The minimum absolute atomic E-state index is 0.0287. The van der Waals surface area contributed by atoms with Gasteiger partial charge in [0.1, 0.15) is 29.6 Å². The maximum Gasteiger partial charge on any atom is 0.330 e. The molecular weight excluding hydrogens is 513 g/mol. The van der Waals surface area contributed by atoms with Crippen molar-refractivity contribution in [3.63, 3.8) is 0 Å². The van der Waals surface area contributed by atoms with Crippen molar-refractivity contribution in [1.82, 2.24) is 14.6 Å². The molecule has 2 aliphatic rings. The van der Waals surface area contributed by atoms with Crippen LogP contribution < -0.4 is 20.9 Å². The number of esters is 1. The van der Waals surface area contributed by atoms with Gasteiger partial charge in [-0.25, -0.2) is 9.88 Å². The van der Waals surface area contributed by atoms with Gasteiger partial charge < -0.3 is 28.4 Å². The van der Waals surface area contributed by atoms with Crippen LogP contribution in [0.1, 0.15) is 27.0 Å². The van der Waals surface area contributed by atoms with E-state index in [9.17, 15) is 19.5 Å². The molecule has 1 aromatic carbocycles. The van der Waals surface area contributed by atoms with E-state index in [0.29, 0.717) is 5.75 Å². The van der Waals surface area contributed by atoms with Crippen LogP contribution in [0, 0.1) is 0 Å². The Morgan fingerprint density at radius 3 is 2.69 bits per heavy atom. The Kier molecular flexibility index (Phi) is 7.81. The number of benzene rings is 1. The highest BCUT2D eigenvalue weighted by Gasteiger charge is 2.62. The number of ether oxygens (including phenoxy) is 3. The standard InChI is InChI=1S/C22H28N3O9PS/c1-13(2)32-20(28)14(3)24-35(36,34-15-7-5-4-6-8-15)31-12-22-11-30-17(18(22)27)19(33-22)25-10-9-16(26)23-21(25)29/h4-10,13-14,17-19,27H,11-12H2,1-3H3,(H,24,36)(H,23,26,29)/t14-,17-,18+,19-,22-,35+/m1/s1. The second kappa shape index (κ2) is 10.5. The van der Waals surface area contributed by atoms with Gasteiger partial charge in [0.25, 0.3) is 5.56 Å². The second-order valence-electron chi connectivity index (χ2n) is 8.82. The number of aliphatic hydroxyl groups is 1. The van der Waals surface area contributed by atoms with Gasteiger partial charge in [-0.2, -0.15) is 0 Å². The molecule has 2 aromatic rings. The zero-order chi connectivity index (χ0) is 26.1. The largest absolute Gasteiger partial charge is 0.462 e. The molecule has 0 spiro atoms. The zero-order valence-corrected chi connectivity index (χ0v) is 21.6. The number of carbonyl (C=O) groups is 1. The first-order chi connectivity index (χ1) is 17.0. The summed E-state index contributed by atoms with van der Waals surface area (Å²) in [6, 6.07) is 9.02. The van der Waals surface area contributed by atoms with E-state index in [-0.39, 0.29) is 19.3 Å². The first-order valence-electron chi connectivity index (χ1n) is 11.3. The molecule has 4 rings (SSSR count). The van der Waals surface area contributed by atoms with Gasteiger partial charge in [0, 0.05) is 12.3 Å². The van der Waals surface area contributed by atoms with Gasteiger partial charge in [-0.05, 0) is 44.7 Å². The Morgan fingerprint density at radius 1 is 1.31 bits per heavy atom. The Labute approximate surface area is 211 Å². The SMILES string of the molecule is CC(C)OC(=O)[C@@H](C)N[P@](=S)(OC[C@@]12CO[C@@H]([C@H](n3ccc(=O)[nH]c3=O)O1)[C@@H]2O)Oc1ccccc1. The number of para-hydroxylation sites is 1. The summed E-state index contributed by atoms with van der Waals surface area (Å²) in [7, 11) is 0. The third-order valence-electron chi connectivity index (χ3n) is 5.64. The van der Waals surface area contributed by atoms with Crippen LogP contribution in [0.2, 0.25) is 0 Å². The van der Waals surface area contributed by atoms with Gasteiger partial charge in [-0.3, -0.25) is 19.1 Å². The molecule has 196 valence electrons. The number of hydrogen-bond acceptors (Lipinski definition) is 10. The number of aromatic nitrogens is 2. The number of rotatable bonds is 10. The van der Waals surface area contributed by atoms with Crippen LogP contribution in [-0.2, 0) is 35.3 Å². The summed E-state index contributed by atoms with van der Waals surface area (Å²) in [6.45, 7) is 1.36. The van der Waals surface area contributed by atoms with E-state index < -0.39 is 53.9 Å². The van der Waals surface area contributed by atoms with Gasteiger partial charge in [0.2, 0.25) is 0 Å². The van der Waals surface area contributed by atoms with Crippen molar-refractivity contribution in [2.45, 2.75) is 57.0 Å². The summed E-state index contributed by atoms with van der Waals surface area (Å²) < 4.78 is 30.2. The number of nitrogens with one attached hydrogen (secondary N) is 2. The number of fused-ring (bicyclic) bond motifs is 2. The number of aromatic amines is 1. The van der Waals surface area contributed by atoms with Crippen molar-refractivity contribution >= 4 is 24.4 Å². The van der Waals surface area contributed by atoms with Crippen molar-refractivity contribution in [3.05, 3.63) is 63.4 Å². The molecule has 1 aromatic heterocycles. The fourth-order valence-electron chi connectivity index (χ4n) is 3.90. The minimum atomic E-state index is -3.40. The Bertz CT molecular complexity index is 1250. The highest BCUT2D eigenvalue weighted by atomic mass is 32.5. The minimum Gasteiger partial charge on any atom is -0.462 e. The van der Waals surface area contributed by atoms with E-state index in [1.54, 1.807) is 45.0 Å². The van der Waals surface area contributed by atoms with Crippen LogP contribution >= 0.6 is 6.64 Å². The molecule has 0 unspecified atom stereocenters. The Hall–Kier alpha value is -2.38. The van der Waals surface area contributed by atoms with Crippen LogP contribution in [0.3, 0.4) is 0 Å². The number of nitrogens with zero attached hydrogens (tertiary/aromatic N) is 1. The molecular formula is C22H28N3O9PS. The predicted octanol–water partition coefficient (Wildman–Crippen LogP) is 0.814. The quantitative estimate of drug-likeness (QED) is 0.290. The van der Waals surface area contributed by atoms with Crippen LogP contribution in [0.25, 0.3) is 0 Å². The first-order valence-corrected chi connectivity index (χ1v) is 13.9. The first kappa shape index (κ1) is 26.7. The summed E-state index contributed by atoms with van der Waals surface area (Å²) in [4.78, 5) is 38.3. The zero-order valence-electron chi connectivity index (χ0n) is 19.9. The molecule has 3 N–H and O–H groups in total. The van der Waals surface area contributed by atoms with E-state index >= 15 is 0 Å². The maximum atomic E-state index is 12.4. The van der Waals surface area contributed by atoms with E-state index in [4.69, 9.17) is 35.1 Å². The number of H-pyrrole nitrogens is 1. The Morgan fingerprint density at radius 2 is 2.03 bits per heavy atom. The van der Waals surface area contributed by atoms with E-state index in [1.807, 2.05) is 6.07 Å². The number of hydrogen-bond donors (Lipinski definition) is 3. The van der Waals surface area contributed by atoms with Gasteiger partial charge in [0.05, 0.1) is 19.3 Å². The van der Waals surface area contributed by atoms with Crippen LogP contribution in [-0.4, -0.2) is 63.8 Å². The lowest BCUT2D eigenvalue weighted by molar-refractivity contribution is -0.184. The summed E-state index contributed by atoms with van der Waals surface area (Å²) in [5.41, 5.74) is -2.63. The van der Waals surface area contributed by atoms with E-state index in [1.165, 1.54) is 12.3 Å². The molecule has 2 bridgehead atoms. The number of carbonyl (C=O) groups excluding carboxylic acids is 1. The molecule has 36 heavy (non-hydrogen) atoms. The smallest absolute Gasteiger partial charge is 0.330 e. The summed E-state index contributed by atoms with van der Waals surface area (Å²) >= 11 is 5.71. The topological polar surface area (TPSA) is 150 Å². The van der Waals surface area contributed by atoms with E-state index in [2.05, 4.69) is 10.1 Å². The van der Waals surface area contributed by atoms with Crippen molar-refractivity contribution in [1.29, 1.82) is 0 Å². The normalized spacial score (nSPS) is 27.5.